The maximum atomic E-state index is 4.21. The van der Waals surface area contributed by atoms with Crippen molar-refractivity contribution in [3.05, 3.63) is 0 Å². The van der Waals surface area contributed by atoms with Gasteiger partial charge in [0.05, 0.1) is 0 Å². The number of unbranched alkanes of at least 4 members (excludes halogenated alkanes) is 9. The highest BCUT2D eigenvalue weighted by Crippen LogP contribution is 2.41. The SMILES string of the molecule is CCCCCCCCCCC1CCC2NC(C3CCC(CCCCC)CC3)CCC2C1. The Hall–Kier alpha value is -0.0400. The summed E-state index contributed by atoms with van der Waals surface area (Å²) < 4.78 is 0. The second-order valence-corrected chi connectivity index (χ2v) is 11.9. The molecule has 0 aromatic carbocycles. The van der Waals surface area contributed by atoms with Crippen molar-refractivity contribution in [2.24, 2.45) is 23.7 Å². The van der Waals surface area contributed by atoms with E-state index in [2.05, 4.69) is 19.2 Å². The summed E-state index contributed by atoms with van der Waals surface area (Å²) in [4.78, 5) is 0. The van der Waals surface area contributed by atoms with Gasteiger partial charge in [0.1, 0.15) is 0 Å². The monoisotopic (exact) mass is 431 g/mol. The number of rotatable bonds is 14. The van der Waals surface area contributed by atoms with Crippen LogP contribution < -0.4 is 5.32 Å². The molecule has 1 heteroatoms. The summed E-state index contributed by atoms with van der Waals surface area (Å²) in [6, 6.07) is 1.73. The number of hydrogen-bond acceptors (Lipinski definition) is 1. The smallest absolute Gasteiger partial charge is 0.00982 e. The molecule has 0 aromatic rings. The molecule has 182 valence electrons. The Morgan fingerprint density at radius 3 is 1.71 bits per heavy atom. The van der Waals surface area contributed by atoms with E-state index in [-0.39, 0.29) is 0 Å². The summed E-state index contributed by atoms with van der Waals surface area (Å²) in [5, 5.41) is 4.21. The lowest BCUT2D eigenvalue weighted by atomic mass is 9.68. The minimum atomic E-state index is 0.863. The van der Waals surface area contributed by atoms with Gasteiger partial charge in [-0.05, 0) is 68.6 Å². The van der Waals surface area contributed by atoms with E-state index >= 15 is 0 Å². The third-order valence-corrected chi connectivity index (χ3v) is 9.51. The molecule has 0 spiro atoms. The number of hydrogen-bond donors (Lipinski definition) is 1. The number of piperidine rings is 1. The van der Waals surface area contributed by atoms with Crippen LogP contribution in [0.15, 0.2) is 0 Å². The Morgan fingerprint density at radius 1 is 0.484 bits per heavy atom. The van der Waals surface area contributed by atoms with Crippen LogP contribution in [0, 0.1) is 23.7 Å². The van der Waals surface area contributed by atoms with Crippen molar-refractivity contribution in [2.75, 3.05) is 0 Å². The standard InChI is InChI=1S/C30H57N/c1-3-5-7-8-9-10-11-13-15-26-18-22-30-28(24-26)21-23-29(31-30)27-19-16-25(17-20-27)14-12-6-4-2/h25-31H,3-24H2,1-2H3. The van der Waals surface area contributed by atoms with Crippen molar-refractivity contribution in [1.29, 1.82) is 0 Å². The molecule has 1 aliphatic heterocycles. The first-order valence-electron chi connectivity index (χ1n) is 15.1. The maximum Gasteiger partial charge on any atom is 0.00982 e. The van der Waals surface area contributed by atoms with Gasteiger partial charge in [-0.3, -0.25) is 0 Å². The zero-order valence-electron chi connectivity index (χ0n) is 21.5. The van der Waals surface area contributed by atoms with Crippen LogP contribution in [0.25, 0.3) is 0 Å². The highest BCUT2D eigenvalue weighted by molar-refractivity contribution is 4.94. The van der Waals surface area contributed by atoms with Crippen LogP contribution in [-0.4, -0.2) is 12.1 Å². The summed E-state index contributed by atoms with van der Waals surface area (Å²) in [6.07, 6.45) is 32.8. The topological polar surface area (TPSA) is 12.0 Å². The molecule has 0 aromatic heterocycles. The second kappa shape index (κ2) is 15.0. The molecule has 4 unspecified atom stereocenters. The predicted octanol–water partition coefficient (Wildman–Crippen LogP) is 9.44. The van der Waals surface area contributed by atoms with Crippen LogP contribution in [0.3, 0.4) is 0 Å². The molecule has 31 heavy (non-hydrogen) atoms. The average Bonchev–Trinajstić information content (AvgIpc) is 2.81. The first-order valence-corrected chi connectivity index (χ1v) is 15.1. The van der Waals surface area contributed by atoms with Gasteiger partial charge >= 0.3 is 0 Å². The van der Waals surface area contributed by atoms with Crippen molar-refractivity contribution in [3.8, 4) is 0 Å². The normalized spacial score (nSPS) is 33.9. The molecule has 2 aliphatic carbocycles. The van der Waals surface area contributed by atoms with Gasteiger partial charge in [-0.2, -0.15) is 0 Å². The molecule has 0 bridgehead atoms. The van der Waals surface area contributed by atoms with Gasteiger partial charge in [0.15, 0.2) is 0 Å². The summed E-state index contributed by atoms with van der Waals surface area (Å²) in [5.41, 5.74) is 0. The molecule has 0 radical (unpaired) electrons. The van der Waals surface area contributed by atoms with E-state index in [0.29, 0.717) is 0 Å². The van der Waals surface area contributed by atoms with Crippen LogP contribution >= 0.6 is 0 Å². The molecule has 1 heterocycles. The predicted molar refractivity (Wildman–Crippen MR) is 138 cm³/mol. The van der Waals surface area contributed by atoms with E-state index in [0.717, 1.165) is 35.8 Å². The molecule has 3 aliphatic rings. The summed E-state index contributed by atoms with van der Waals surface area (Å²) in [7, 11) is 0. The summed E-state index contributed by atoms with van der Waals surface area (Å²) in [5.74, 6) is 4.12. The summed E-state index contributed by atoms with van der Waals surface area (Å²) >= 11 is 0. The lowest BCUT2D eigenvalue weighted by molar-refractivity contribution is 0.0970. The molecule has 0 amide bonds. The van der Waals surface area contributed by atoms with Crippen LogP contribution in [0.1, 0.15) is 155 Å². The van der Waals surface area contributed by atoms with Crippen LogP contribution in [0.4, 0.5) is 0 Å². The fourth-order valence-electron chi connectivity index (χ4n) is 7.41. The van der Waals surface area contributed by atoms with Crippen molar-refractivity contribution < 1.29 is 0 Å². The van der Waals surface area contributed by atoms with Gasteiger partial charge < -0.3 is 5.32 Å². The third-order valence-electron chi connectivity index (χ3n) is 9.51. The third kappa shape index (κ3) is 9.02. The van der Waals surface area contributed by atoms with Crippen molar-refractivity contribution in [1.82, 2.24) is 5.32 Å². The van der Waals surface area contributed by atoms with Gasteiger partial charge in [0.2, 0.25) is 0 Å². The van der Waals surface area contributed by atoms with Gasteiger partial charge in [-0.15, -0.1) is 0 Å². The first-order chi connectivity index (χ1) is 15.3. The second-order valence-electron chi connectivity index (χ2n) is 11.9. The zero-order valence-corrected chi connectivity index (χ0v) is 21.5. The highest BCUT2D eigenvalue weighted by atomic mass is 15.0. The maximum absolute atomic E-state index is 4.21. The van der Waals surface area contributed by atoms with Gasteiger partial charge in [-0.1, -0.05) is 110 Å². The van der Waals surface area contributed by atoms with Crippen LogP contribution in [0.2, 0.25) is 0 Å². The van der Waals surface area contributed by atoms with Gasteiger partial charge in [0, 0.05) is 12.1 Å². The Bertz CT molecular complexity index is 438. The Labute approximate surface area is 196 Å². The minimum Gasteiger partial charge on any atom is -0.311 e. The molecule has 4 atom stereocenters. The lowest BCUT2D eigenvalue weighted by Gasteiger charge is -2.46. The first kappa shape index (κ1) is 25.6. The number of nitrogens with one attached hydrogen (secondary N) is 1. The fraction of sp³-hybridized carbons (Fsp3) is 1.00. The van der Waals surface area contributed by atoms with E-state index in [9.17, 15) is 0 Å². The fourth-order valence-corrected chi connectivity index (χ4v) is 7.41. The van der Waals surface area contributed by atoms with Crippen molar-refractivity contribution in [3.63, 3.8) is 0 Å². The molecule has 3 fully saturated rings. The molecule has 1 nitrogen and oxygen atoms in total. The Balaban J connectivity index is 1.25. The molecule has 2 saturated carbocycles. The Kier molecular flexibility index (Phi) is 12.4. The average molecular weight is 432 g/mol. The zero-order chi connectivity index (χ0) is 21.7. The van der Waals surface area contributed by atoms with Crippen molar-refractivity contribution >= 4 is 0 Å². The highest BCUT2D eigenvalue weighted by Gasteiger charge is 2.38. The van der Waals surface area contributed by atoms with E-state index < -0.39 is 0 Å². The molecule has 1 N–H and O–H groups in total. The van der Waals surface area contributed by atoms with E-state index in [1.165, 1.54) is 135 Å². The summed E-state index contributed by atoms with van der Waals surface area (Å²) in [6.45, 7) is 4.65. The number of fused-ring (bicyclic) bond motifs is 1. The van der Waals surface area contributed by atoms with Crippen LogP contribution in [0.5, 0.6) is 0 Å². The molecule has 1 saturated heterocycles. The van der Waals surface area contributed by atoms with E-state index in [4.69, 9.17) is 0 Å². The lowest BCUT2D eigenvalue weighted by Crippen LogP contribution is -2.53. The van der Waals surface area contributed by atoms with Crippen LogP contribution in [-0.2, 0) is 0 Å². The molecular weight excluding hydrogens is 374 g/mol. The van der Waals surface area contributed by atoms with E-state index in [1.54, 1.807) is 6.42 Å². The molecule has 3 rings (SSSR count). The Morgan fingerprint density at radius 2 is 0.968 bits per heavy atom. The van der Waals surface area contributed by atoms with E-state index in [1.807, 2.05) is 0 Å². The quantitative estimate of drug-likeness (QED) is 0.270. The van der Waals surface area contributed by atoms with Crippen molar-refractivity contribution in [2.45, 2.75) is 167 Å². The van der Waals surface area contributed by atoms with Gasteiger partial charge in [0.25, 0.3) is 0 Å². The largest absolute Gasteiger partial charge is 0.311 e. The molecular formula is C30H57N. The van der Waals surface area contributed by atoms with Gasteiger partial charge in [-0.25, -0.2) is 0 Å². The minimum absolute atomic E-state index is 0.863.